The third-order valence-corrected chi connectivity index (χ3v) is 6.32. The Bertz CT molecular complexity index is 882. The van der Waals surface area contributed by atoms with E-state index in [4.69, 9.17) is 32.4 Å². The topological polar surface area (TPSA) is 63.0 Å². The Labute approximate surface area is 193 Å². The van der Waals surface area contributed by atoms with Crippen LogP contribution in [-0.2, 0) is 16.1 Å². The first kappa shape index (κ1) is 23.6. The van der Waals surface area contributed by atoms with Gasteiger partial charge in [-0.1, -0.05) is 30.1 Å². The van der Waals surface area contributed by atoms with E-state index >= 15 is 0 Å². The number of halogens is 2. The standard InChI is InChI=1S/C23H28Cl2N2O4/c1-3-16(2)27(23(29)17-8-9-20(24)21(25)12-17)15-22(28)26(13-18-6-4-10-30-18)14-19-7-5-11-31-19/h4,6,8-10,12,16,19H,3,5,7,11,13-15H2,1-2H3. The van der Waals surface area contributed by atoms with Crippen LogP contribution in [0.2, 0.25) is 10.0 Å². The first-order valence-corrected chi connectivity index (χ1v) is 11.3. The molecule has 1 aromatic heterocycles. The Morgan fingerprint density at radius 2 is 2.03 bits per heavy atom. The number of hydrogen-bond acceptors (Lipinski definition) is 4. The summed E-state index contributed by atoms with van der Waals surface area (Å²) in [6, 6.07) is 8.27. The van der Waals surface area contributed by atoms with Crippen LogP contribution in [0, 0.1) is 0 Å². The summed E-state index contributed by atoms with van der Waals surface area (Å²) in [5, 5.41) is 0.686. The summed E-state index contributed by atoms with van der Waals surface area (Å²) in [6.07, 6.45) is 4.21. The molecule has 0 saturated carbocycles. The summed E-state index contributed by atoms with van der Waals surface area (Å²) in [7, 11) is 0. The minimum absolute atomic E-state index is 0.00161. The quantitative estimate of drug-likeness (QED) is 0.519. The van der Waals surface area contributed by atoms with Gasteiger partial charge in [0.15, 0.2) is 0 Å². The van der Waals surface area contributed by atoms with Crippen molar-refractivity contribution in [3.63, 3.8) is 0 Å². The Morgan fingerprint density at radius 3 is 2.65 bits per heavy atom. The van der Waals surface area contributed by atoms with Crippen molar-refractivity contribution in [3.05, 3.63) is 58.0 Å². The molecule has 0 bridgehead atoms. The average molecular weight is 467 g/mol. The van der Waals surface area contributed by atoms with E-state index in [1.54, 1.807) is 40.3 Å². The van der Waals surface area contributed by atoms with Gasteiger partial charge >= 0.3 is 0 Å². The second-order valence-corrected chi connectivity index (χ2v) is 8.62. The van der Waals surface area contributed by atoms with Crippen LogP contribution < -0.4 is 0 Å². The van der Waals surface area contributed by atoms with E-state index in [0.717, 1.165) is 12.8 Å². The first-order chi connectivity index (χ1) is 14.9. The molecule has 2 aromatic rings. The van der Waals surface area contributed by atoms with Crippen molar-refractivity contribution in [2.24, 2.45) is 0 Å². The molecule has 0 spiro atoms. The van der Waals surface area contributed by atoms with Crippen LogP contribution in [-0.4, -0.2) is 53.5 Å². The van der Waals surface area contributed by atoms with Gasteiger partial charge in [0, 0.05) is 24.8 Å². The van der Waals surface area contributed by atoms with Crippen LogP contribution >= 0.6 is 23.2 Å². The largest absolute Gasteiger partial charge is 0.467 e. The van der Waals surface area contributed by atoms with Gasteiger partial charge in [0.05, 0.1) is 29.0 Å². The molecular weight excluding hydrogens is 439 g/mol. The van der Waals surface area contributed by atoms with E-state index in [1.165, 1.54) is 0 Å². The molecule has 8 heteroatoms. The first-order valence-electron chi connectivity index (χ1n) is 10.6. The van der Waals surface area contributed by atoms with Crippen LogP contribution in [0.3, 0.4) is 0 Å². The third kappa shape index (κ3) is 6.25. The molecule has 2 unspecified atom stereocenters. The fourth-order valence-corrected chi connectivity index (χ4v) is 3.87. The molecule has 2 atom stereocenters. The van der Waals surface area contributed by atoms with Gasteiger partial charge in [0.1, 0.15) is 12.3 Å². The number of carbonyl (C=O) groups is 2. The zero-order valence-corrected chi connectivity index (χ0v) is 19.4. The molecule has 1 fully saturated rings. The zero-order chi connectivity index (χ0) is 22.4. The fraction of sp³-hybridized carbons (Fsp3) is 0.478. The zero-order valence-electron chi connectivity index (χ0n) is 17.9. The van der Waals surface area contributed by atoms with Crippen LogP contribution in [0.4, 0.5) is 0 Å². The van der Waals surface area contributed by atoms with Gasteiger partial charge in [-0.2, -0.15) is 0 Å². The second-order valence-electron chi connectivity index (χ2n) is 7.81. The van der Waals surface area contributed by atoms with Crippen molar-refractivity contribution >= 4 is 35.0 Å². The number of ether oxygens (including phenoxy) is 1. The van der Waals surface area contributed by atoms with Crippen LogP contribution in [0.1, 0.15) is 49.2 Å². The highest BCUT2D eigenvalue weighted by molar-refractivity contribution is 6.42. The molecule has 6 nitrogen and oxygen atoms in total. The highest BCUT2D eigenvalue weighted by Crippen LogP contribution is 2.24. The van der Waals surface area contributed by atoms with E-state index in [9.17, 15) is 9.59 Å². The second kappa shape index (κ2) is 11.0. The molecular formula is C23H28Cl2N2O4. The number of carbonyl (C=O) groups excluding carboxylic acids is 2. The molecule has 0 N–H and O–H groups in total. The van der Waals surface area contributed by atoms with Crippen molar-refractivity contribution in [1.29, 1.82) is 0 Å². The van der Waals surface area contributed by atoms with Gasteiger partial charge in [-0.25, -0.2) is 0 Å². The predicted molar refractivity (Wildman–Crippen MR) is 120 cm³/mol. The van der Waals surface area contributed by atoms with Gasteiger partial charge in [-0.15, -0.1) is 0 Å². The van der Waals surface area contributed by atoms with Crippen LogP contribution in [0.25, 0.3) is 0 Å². The molecule has 168 valence electrons. The van der Waals surface area contributed by atoms with Crippen LogP contribution in [0.15, 0.2) is 41.0 Å². The highest BCUT2D eigenvalue weighted by atomic mass is 35.5. The molecule has 2 amide bonds. The number of hydrogen-bond donors (Lipinski definition) is 0. The van der Waals surface area contributed by atoms with Crippen LogP contribution in [0.5, 0.6) is 0 Å². The van der Waals surface area contributed by atoms with Crippen molar-refractivity contribution in [2.75, 3.05) is 19.7 Å². The molecule has 1 saturated heterocycles. The van der Waals surface area contributed by atoms with E-state index in [1.807, 2.05) is 19.9 Å². The molecule has 0 aliphatic carbocycles. The van der Waals surface area contributed by atoms with Gasteiger partial charge < -0.3 is 19.0 Å². The van der Waals surface area contributed by atoms with Crippen molar-refractivity contribution in [1.82, 2.24) is 9.80 Å². The Balaban J connectivity index is 1.78. The smallest absolute Gasteiger partial charge is 0.254 e. The fourth-order valence-electron chi connectivity index (χ4n) is 3.57. The SMILES string of the molecule is CCC(C)N(CC(=O)N(Cc1ccco1)CC1CCCO1)C(=O)c1ccc(Cl)c(Cl)c1. The maximum absolute atomic E-state index is 13.3. The normalized spacial score (nSPS) is 16.8. The minimum Gasteiger partial charge on any atom is -0.467 e. The third-order valence-electron chi connectivity index (χ3n) is 5.58. The average Bonchev–Trinajstić information content (AvgIpc) is 3.46. The Hall–Kier alpha value is -2.02. The van der Waals surface area contributed by atoms with E-state index in [-0.39, 0.29) is 30.5 Å². The van der Waals surface area contributed by atoms with Crippen molar-refractivity contribution in [3.8, 4) is 0 Å². The van der Waals surface area contributed by atoms with Gasteiger partial charge in [0.25, 0.3) is 5.91 Å². The maximum atomic E-state index is 13.3. The number of furan rings is 1. The van der Waals surface area contributed by atoms with E-state index in [2.05, 4.69) is 0 Å². The minimum atomic E-state index is -0.253. The van der Waals surface area contributed by atoms with Crippen molar-refractivity contribution < 1.29 is 18.7 Å². The van der Waals surface area contributed by atoms with Crippen molar-refractivity contribution in [2.45, 2.75) is 51.8 Å². The molecule has 0 radical (unpaired) electrons. The summed E-state index contributed by atoms with van der Waals surface area (Å²) < 4.78 is 11.2. The Morgan fingerprint density at radius 1 is 1.23 bits per heavy atom. The number of rotatable bonds is 9. The summed E-state index contributed by atoms with van der Waals surface area (Å²) in [5.41, 5.74) is 0.402. The lowest BCUT2D eigenvalue weighted by Crippen LogP contribution is -2.47. The predicted octanol–water partition coefficient (Wildman–Crippen LogP) is 5.03. The summed E-state index contributed by atoms with van der Waals surface area (Å²) in [5.74, 6) is 0.286. The highest BCUT2D eigenvalue weighted by Gasteiger charge is 2.28. The molecule has 2 heterocycles. The van der Waals surface area contributed by atoms with Gasteiger partial charge in [-0.05, 0) is 56.5 Å². The number of benzene rings is 1. The lowest BCUT2D eigenvalue weighted by atomic mass is 10.1. The maximum Gasteiger partial charge on any atom is 0.254 e. The number of nitrogens with zero attached hydrogens (tertiary/aromatic N) is 2. The van der Waals surface area contributed by atoms with E-state index < -0.39 is 0 Å². The van der Waals surface area contributed by atoms with Gasteiger partial charge in [0.2, 0.25) is 5.91 Å². The van der Waals surface area contributed by atoms with Gasteiger partial charge in [-0.3, -0.25) is 9.59 Å². The lowest BCUT2D eigenvalue weighted by Gasteiger charge is -2.32. The summed E-state index contributed by atoms with van der Waals surface area (Å²) >= 11 is 12.1. The van der Waals surface area contributed by atoms with E-state index in [0.29, 0.717) is 47.5 Å². The summed E-state index contributed by atoms with van der Waals surface area (Å²) in [6.45, 7) is 5.39. The lowest BCUT2D eigenvalue weighted by molar-refractivity contribution is -0.134. The molecule has 1 aromatic carbocycles. The Kier molecular flexibility index (Phi) is 8.41. The molecule has 3 rings (SSSR count). The molecule has 31 heavy (non-hydrogen) atoms. The summed E-state index contributed by atoms with van der Waals surface area (Å²) in [4.78, 5) is 29.9. The molecule has 1 aliphatic heterocycles. The number of amides is 2. The molecule has 1 aliphatic rings. The monoisotopic (exact) mass is 466 g/mol.